The summed E-state index contributed by atoms with van der Waals surface area (Å²) in [6.45, 7) is 4.63. The van der Waals surface area contributed by atoms with Crippen molar-refractivity contribution >= 4 is 10.4 Å². The number of ether oxygens (including phenoxy) is 2. The van der Waals surface area contributed by atoms with Crippen molar-refractivity contribution in [2.24, 2.45) is 5.41 Å². The van der Waals surface area contributed by atoms with Crippen LogP contribution in [0.15, 0.2) is 59.5 Å². The number of methoxy groups -OCH3 is 1. The Kier molecular flexibility index (Phi) is 5.53. The van der Waals surface area contributed by atoms with E-state index in [4.69, 9.17) is 9.47 Å². The van der Waals surface area contributed by atoms with Crippen molar-refractivity contribution in [1.29, 1.82) is 0 Å². The Morgan fingerprint density at radius 3 is 2.57 bits per heavy atom. The molecule has 0 bridgehead atoms. The van der Waals surface area contributed by atoms with Gasteiger partial charge in [-0.15, -0.1) is 4.31 Å². The lowest BCUT2D eigenvalue weighted by Gasteiger charge is -2.49. The second-order valence-electron chi connectivity index (χ2n) is 7.66. The number of hydrogen-bond donors (Lipinski definition) is 0. The van der Waals surface area contributed by atoms with Gasteiger partial charge in [-0.3, -0.25) is 4.90 Å². The van der Waals surface area contributed by atoms with Crippen LogP contribution in [0.4, 0.5) is 0 Å². The first-order valence-electron chi connectivity index (χ1n) is 9.50. The molecule has 6 nitrogen and oxygen atoms in total. The summed E-state index contributed by atoms with van der Waals surface area (Å²) in [7, 11) is -1.75. The fourth-order valence-corrected chi connectivity index (χ4v) is 5.78. The zero-order valence-electron chi connectivity index (χ0n) is 16.1. The van der Waals surface area contributed by atoms with Gasteiger partial charge in [0, 0.05) is 30.6 Å². The molecule has 1 unspecified atom stereocenters. The average molecular weight is 403 g/mol. The van der Waals surface area contributed by atoms with Crippen LogP contribution in [0.1, 0.15) is 5.56 Å². The van der Waals surface area contributed by atoms with Gasteiger partial charge in [0.1, 0.15) is 5.75 Å². The lowest BCUT2D eigenvalue weighted by atomic mass is 9.82. The molecule has 2 aromatic carbocycles. The third kappa shape index (κ3) is 3.86. The molecule has 7 heteroatoms. The zero-order chi connectivity index (χ0) is 19.6. The van der Waals surface area contributed by atoms with Crippen molar-refractivity contribution in [2.75, 3.05) is 46.5 Å². The summed E-state index contributed by atoms with van der Waals surface area (Å²) in [5.74, 6) is 0.878. The van der Waals surface area contributed by atoms with Crippen molar-refractivity contribution in [3.8, 4) is 5.75 Å². The van der Waals surface area contributed by atoms with Crippen LogP contribution in [0.2, 0.25) is 0 Å². The molecule has 0 N–H and O–H groups in total. The van der Waals surface area contributed by atoms with Crippen molar-refractivity contribution in [3.63, 3.8) is 0 Å². The Morgan fingerprint density at radius 2 is 1.82 bits per heavy atom. The van der Waals surface area contributed by atoms with Crippen LogP contribution < -0.4 is 4.74 Å². The van der Waals surface area contributed by atoms with Gasteiger partial charge in [0.05, 0.1) is 33.4 Å². The molecule has 2 aromatic rings. The van der Waals surface area contributed by atoms with E-state index in [-0.39, 0.29) is 5.41 Å². The fourth-order valence-electron chi connectivity index (χ4n) is 4.10. The minimum absolute atomic E-state index is 0.152. The molecule has 2 fully saturated rings. The van der Waals surface area contributed by atoms with E-state index in [1.165, 1.54) is 0 Å². The van der Waals surface area contributed by atoms with E-state index < -0.39 is 10.4 Å². The van der Waals surface area contributed by atoms with Crippen LogP contribution in [-0.4, -0.2) is 60.3 Å². The molecular weight excluding hydrogens is 376 g/mol. The van der Waals surface area contributed by atoms with E-state index in [0.717, 1.165) is 30.9 Å². The van der Waals surface area contributed by atoms with Gasteiger partial charge in [-0.25, -0.2) is 0 Å². The highest BCUT2D eigenvalue weighted by atomic mass is 32.3. The molecule has 150 valence electrons. The summed E-state index contributed by atoms with van der Waals surface area (Å²) < 4.78 is 38.6. The van der Waals surface area contributed by atoms with Gasteiger partial charge in [0.25, 0.3) is 0 Å². The van der Waals surface area contributed by atoms with Crippen LogP contribution in [0.3, 0.4) is 0 Å². The predicted molar refractivity (Wildman–Crippen MR) is 107 cm³/mol. The summed E-state index contributed by atoms with van der Waals surface area (Å²) in [6.07, 6.45) is 0. The van der Waals surface area contributed by atoms with Crippen molar-refractivity contribution in [3.05, 3.63) is 60.2 Å². The van der Waals surface area contributed by atoms with Gasteiger partial charge in [-0.05, 0) is 18.2 Å². The molecule has 1 spiro atoms. The molecule has 2 saturated heterocycles. The van der Waals surface area contributed by atoms with E-state index in [9.17, 15) is 8.76 Å². The zero-order valence-corrected chi connectivity index (χ0v) is 16.9. The van der Waals surface area contributed by atoms with Crippen LogP contribution in [0, 0.1) is 5.41 Å². The highest BCUT2D eigenvalue weighted by molar-refractivity contribution is 7.95. The molecular formula is C21H26N2O4S. The van der Waals surface area contributed by atoms with Gasteiger partial charge in [0.2, 0.25) is 0 Å². The maximum Gasteiger partial charge on any atom is 0.175 e. The van der Waals surface area contributed by atoms with Gasteiger partial charge in [-0.1, -0.05) is 40.6 Å². The predicted octanol–water partition coefficient (Wildman–Crippen LogP) is 2.43. The molecule has 2 aliphatic rings. The second-order valence-corrected chi connectivity index (χ2v) is 9.60. The molecule has 0 amide bonds. The molecule has 0 aromatic heterocycles. The molecule has 28 heavy (non-hydrogen) atoms. The maximum atomic E-state index is 12.8. The summed E-state index contributed by atoms with van der Waals surface area (Å²) >= 11 is 0. The number of sulfonamides is 1. The molecule has 1 atom stereocenters. The number of nitrogens with zero attached hydrogens (tertiary/aromatic N) is 2. The third-order valence-corrected chi connectivity index (χ3v) is 7.32. The van der Waals surface area contributed by atoms with Crippen molar-refractivity contribution in [1.82, 2.24) is 9.21 Å². The van der Waals surface area contributed by atoms with Crippen LogP contribution in [-0.2, 0) is 25.9 Å². The van der Waals surface area contributed by atoms with E-state index in [2.05, 4.69) is 11.0 Å². The number of rotatable bonds is 5. The fraction of sp³-hybridized carbons (Fsp3) is 0.429. The van der Waals surface area contributed by atoms with E-state index in [0.29, 0.717) is 31.2 Å². The summed E-state index contributed by atoms with van der Waals surface area (Å²) in [5.41, 5.74) is 0.982. The van der Waals surface area contributed by atoms with E-state index in [1.54, 1.807) is 35.7 Å². The Morgan fingerprint density at radius 1 is 1.11 bits per heavy atom. The molecule has 2 aliphatic heterocycles. The molecule has 0 saturated carbocycles. The van der Waals surface area contributed by atoms with Crippen LogP contribution >= 0.6 is 0 Å². The summed E-state index contributed by atoms with van der Waals surface area (Å²) in [5, 5.41) is 0. The number of para-hydroxylation sites is 1. The minimum Gasteiger partial charge on any atom is -0.593 e. The molecule has 0 aliphatic carbocycles. The Balaban J connectivity index is 1.45. The van der Waals surface area contributed by atoms with Crippen molar-refractivity contribution in [2.45, 2.75) is 11.4 Å². The van der Waals surface area contributed by atoms with Crippen LogP contribution in [0.25, 0.3) is 0 Å². The highest BCUT2D eigenvalue weighted by Crippen LogP contribution is 2.39. The van der Waals surface area contributed by atoms with E-state index in [1.807, 2.05) is 24.3 Å². The Hall–Kier alpha value is -1.77. The molecule has 4 rings (SSSR count). The standard InChI is InChI=1S/C21H26N2O4S/c1-26-20-10-6-5-7-18(20)13-22-11-12-27-17-21(14-22)15-23(16-21)28(24,25)19-8-3-2-4-9-19/h2-10H,11-17H2,1H3. The van der Waals surface area contributed by atoms with E-state index >= 15 is 0 Å². The first-order chi connectivity index (χ1) is 13.5. The third-order valence-electron chi connectivity index (χ3n) is 5.51. The van der Waals surface area contributed by atoms with Crippen LogP contribution in [0.5, 0.6) is 5.75 Å². The molecule has 2 heterocycles. The SMILES string of the molecule is COc1ccccc1CN1CCOCC2(C1)CN([S+](=O)([O-])c1ccccc1)C2. The first-order valence-corrected chi connectivity index (χ1v) is 10.9. The summed E-state index contributed by atoms with van der Waals surface area (Å²) in [6, 6.07) is 16.7. The largest absolute Gasteiger partial charge is 0.593 e. The lowest BCUT2D eigenvalue weighted by Crippen LogP contribution is -2.64. The minimum atomic E-state index is -3.44. The maximum absolute atomic E-state index is 12.8. The number of benzene rings is 2. The monoisotopic (exact) mass is 402 g/mol. The molecule has 0 radical (unpaired) electrons. The summed E-state index contributed by atoms with van der Waals surface area (Å²) in [4.78, 5) is 2.70. The van der Waals surface area contributed by atoms with Gasteiger partial charge in [0.15, 0.2) is 15.3 Å². The topological polar surface area (TPSA) is 65.1 Å². The number of hydrogen-bond acceptors (Lipinski definition) is 5. The van der Waals surface area contributed by atoms with Gasteiger partial charge < -0.3 is 14.0 Å². The van der Waals surface area contributed by atoms with Crippen molar-refractivity contribution < 1.29 is 18.2 Å². The van der Waals surface area contributed by atoms with Gasteiger partial charge >= 0.3 is 0 Å². The Bertz CT molecular complexity index is 854. The smallest absolute Gasteiger partial charge is 0.175 e. The van der Waals surface area contributed by atoms with Gasteiger partial charge in [-0.2, -0.15) is 0 Å². The Labute approximate surface area is 167 Å². The highest BCUT2D eigenvalue weighted by Gasteiger charge is 2.53. The lowest BCUT2D eigenvalue weighted by molar-refractivity contribution is -0.0207. The second kappa shape index (κ2) is 7.93. The quantitative estimate of drug-likeness (QED) is 0.719. The average Bonchev–Trinajstić information content (AvgIpc) is 2.91. The normalized spacial score (nSPS) is 22.2. The first kappa shape index (κ1) is 19.5.